The van der Waals surface area contributed by atoms with Gasteiger partial charge in [0, 0.05) is 28.4 Å². The van der Waals surface area contributed by atoms with Crippen molar-refractivity contribution in [2.75, 3.05) is 12.4 Å². The fourth-order valence-corrected chi connectivity index (χ4v) is 6.13. The summed E-state index contributed by atoms with van der Waals surface area (Å²) >= 11 is 1.76. The number of benzene rings is 1. The van der Waals surface area contributed by atoms with Crippen LogP contribution in [0.5, 0.6) is 11.6 Å². The molecule has 3 heterocycles. The van der Waals surface area contributed by atoms with Crippen molar-refractivity contribution in [1.29, 1.82) is 0 Å². The first kappa shape index (κ1) is 27.1. The van der Waals surface area contributed by atoms with Crippen molar-refractivity contribution in [3.63, 3.8) is 0 Å². The molecule has 1 aliphatic heterocycles. The van der Waals surface area contributed by atoms with Crippen LogP contribution in [0.4, 0.5) is 4.39 Å². The summed E-state index contributed by atoms with van der Waals surface area (Å²) < 4.78 is 21.6. The average molecular weight is 554 g/mol. The second-order valence-electron chi connectivity index (χ2n) is 9.79. The molecule has 3 N–H and O–H groups in total. The van der Waals surface area contributed by atoms with Crippen LogP contribution in [0, 0.1) is 5.82 Å². The van der Waals surface area contributed by atoms with E-state index in [0.717, 1.165) is 35.0 Å². The Kier molecular flexibility index (Phi) is 8.47. The van der Waals surface area contributed by atoms with E-state index < -0.39 is 11.7 Å². The first-order chi connectivity index (χ1) is 18.9. The Balaban J connectivity index is 1.17. The van der Waals surface area contributed by atoms with Crippen molar-refractivity contribution in [2.24, 2.45) is 0 Å². The summed E-state index contributed by atoms with van der Waals surface area (Å²) in [5, 5.41) is 19.6. The first-order valence-corrected chi connectivity index (χ1v) is 14.3. The highest BCUT2D eigenvalue weighted by Crippen LogP contribution is 2.35. The second kappa shape index (κ2) is 12.2. The molecule has 3 aromatic rings. The molecule has 1 aliphatic carbocycles. The van der Waals surface area contributed by atoms with Gasteiger partial charge in [0.2, 0.25) is 5.88 Å². The van der Waals surface area contributed by atoms with Gasteiger partial charge in [0.25, 0.3) is 11.8 Å². The van der Waals surface area contributed by atoms with Gasteiger partial charge in [0.15, 0.2) is 0 Å². The van der Waals surface area contributed by atoms with E-state index in [1.54, 1.807) is 22.5 Å². The maximum Gasteiger partial charge on any atom is 0.272 e. The number of aromatic nitrogens is 3. The second-order valence-corrected chi connectivity index (χ2v) is 10.9. The van der Waals surface area contributed by atoms with Gasteiger partial charge in [-0.25, -0.2) is 9.37 Å². The van der Waals surface area contributed by atoms with E-state index in [9.17, 15) is 19.1 Å². The third kappa shape index (κ3) is 6.42. The number of fused-ring (bicyclic) bond motifs is 1. The van der Waals surface area contributed by atoms with Crippen LogP contribution in [0.2, 0.25) is 0 Å². The summed E-state index contributed by atoms with van der Waals surface area (Å²) in [7, 11) is 0. The van der Waals surface area contributed by atoms with Crippen molar-refractivity contribution in [3.05, 3.63) is 64.9 Å². The van der Waals surface area contributed by atoms with Gasteiger partial charge >= 0.3 is 0 Å². The highest BCUT2D eigenvalue weighted by Gasteiger charge is 2.27. The molecule has 2 amide bonds. The molecule has 2 aliphatic rings. The van der Waals surface area contributed by atoms with Crippen molar-refractivity contribution in [1.82, 2.24) is 25.4 Å². The van der Waals surface area contributed by atoms with Crippen molar-refractivity contribution in [3.8, 4) is 11.6 Å². The number of amides is 2. The summed E-state index contributed by atoms with van der Waals surface area (Å²) in [4.78, 5) is 31.1. The minimum Gasteiger partial charge on any atom is -0.438 e. The molecule has 1 saturated carbocycles. The zero-order valence-corrected chi connectivity index (χ0v) is 22.6. The van der Waals surface area contributed by atoms with Gasteiger partial charge in [-0.3, -0.25) is 14.3 Å². The topological polar surface area (TPSA) is 118 Å². The summed E-state index contributed by atoms with van der Waals surface area (Å²) in [6, 6.07) is 8.52. The number of rotatable bonds is 9. The van der Waals surface area contributed by atoms with Gasteiger partial charge in [0.1, 0.15) is 22.8 Å². The van der Waals surface area contributed by atoms with Crippen molar-refractivity contribution in [2.45, 2.75) is 69.0 Å². The van der Waals surface area contributed by atoms with E-state index in [1.165, 1.54) is 5.56 Å². The molecule has 39 heavy (non-hydrogen) atoms. The lowest BCUT2D eigenvalue weighted by Crippen LogP contribution is -2.44. The minimum atomic E-state index is -0.615. The predicted octanol–water partition coefficient (Wildman–Crippen LogP) is 3.88. The number of thioether (sulfide) groups is 1. The Morgan fingerprint density at radius 2 is 1.87 bits per heavy atom. The van der Waals surface area contributed by atoms with Gasteiger partial charge in [-0.05, 0) is 68.4 Å². The molecule has 0 unspecified atom stereocenters. The third-order valence-corrected chi connectivity index (χ3v) is 8.21. The van der Waals surface area contributed by atoms with Crippen LogP contribution in [-0.2, 0) is 19.4 Å². The molecule has 0 radical (unpaired) electrons. The number of aliphatic hydroxyl groups is 1. The van der Waals surface area contributed by atoms with E-state index in [4.69, 9.17) is 4.74 Å². The molecule has 0 spiro atoms. The number of hydrogen-bond donors (Lipinski definition) is 3. The molecule has 11 heteroatoms. The highest BCUT2D eigenvalue weighted by atomic mass is 32.2. The Morgan fingerprint density at radius 3 is 2.59 bits per heavy atom. The quantitative estimate of drug-likeness (QED) is 0.368. The van der Waals surface area contributed by atoms with E-state index >= 15 is 0 Å². The van der Waals surface area contributed by atoms with Crippen LogP contribution >= 0.6 is 11.8 Å². The van der Waals surface area contributed by atoms with Crippen LogP contribution in [0.25, 0.3) is 0 Å². The Hall–Kier alpha value is -3.44. The summed E-state index contributed by atoms with van der Waals surface area (Å²) in [6.07, 6.45) is 5.47. The standard InChI is InChI=1S/C28H32FN5O4S/c1-2-21-14-24(33-34(21)10-11-35)27(37)32-20-6-4-19(5-7-20)31-26(36)23-13-18(29)16-30-28(23)38-22-8-3-17-9-12-39-25(17)15-22/h3,8,13-16,19-20,35H,2,4-7,9-12H2,1H3,(H,31,36)(H,32,37). The van der Waals surface area contributed by atoms with Crippen LogP contribution in [0.3, 0.4) is 0 Å². The van der Waals surface area contributed by atoms with Gasteiger partial charge in [-0.1, -0.05) is 13.0 Å². The number of nitrogens with one attached hydrogen (secondary N) is 2. The zero-order chi connectivity index (χ0) is 27.4. The fraction of sp³-hybridized carbons (Fsp3) is 0.429. The lowest BCUT2D eigenvalue weighted by atomic mass is 9.91. The molecule has 5 rings (SSSR count). The number of carbonyl (C=O) groups is 2. The zero-order valence-electron chi connectivity index (χ0n) is 21.8. The number of aryl methyl sites for hydroxylation is 2. The summed E-state index contributed by atoms with van der Waals surface area (Å²) in [5.74, 6) is 0.343. The third-order valence-electron chi connectivity index (χ3n) is 7.11. The van der Waals surface area contributed by atoms with Gasteiger partial charge < -0.3 is 20.5 Å². The van der Waals surface area contributed by atoms with Gasteiger partial charge in [-0.15, -0.1) is 11.8 Å². The fourth-order valence-electron chi connectivity index (χ4n) is 5.04. The van der Waals surface area contributed by atoms with Crippen LogP contribution in [0.1, 0.15) is 64.7 Å². The molecule has 1 fully saturated rings. The largest absolute Gasteiger partial charge is 0.438 e. The lowest BCUT2D eigenvalue weighted by Gasteiger charge is -2.29. The number of ether oxygens (including phenoxy) is 1. The lowest BCUT2D eigenvalue weighted by molar-refractivity contribution is 0.0887. The Morgan fingerprint density at radius 1 is 1.13 bits per heavy atom. The minimum absolute atomic E-state index is 0.0360. The molecular formula is C28H32FN5O4S. The van der Waals surface area contributed by atoms with Gasteiger partial charge in [-0.2, -0.15) is 5.10 Å². The van der Waals surface area contributed by atoms with Crippen LogP contribution in [-0.4, -0.2) is 56.1 Å². The summed E-state index contributed by atoms with van der Waals surface area (Å²) in [6.45, 7) is 2.28. The number of aliphatic hydroxyl groups excluding tert-OH is 1. The van der Waals surface area contributed by atoms with E-state index in [2.05, 4.69) is 20.7 Å². The number of halogens is 1. The maximum atomic E-state index is 14.0. The maximum absolute atomic E-state index is 14.0. The van der Waals surface area contributed by atoms with Crippen molar-refractivity contribution >= 4 is 23.6 Å². The SMILES string of the molecule is CCc1cc(C(=O)NC2CCC(NC(=O)c3cc(F)cnc3Oc3ccc4c(c3)SCC4)CC2)nn1CCO. The Bertz CT molecular complexity index is 1360. The molecule has 1 aromatic carbocycles. The molecule has 206 valence electrons. The molecular weight excluding hydrogens is 521 g/mol. The number of carbonyl (C=O) groups excluding carboxylic acids is 2. The van der Waals surface area contributed by atoms with Crippen LogP contribution < -0.4 is 15.4 Å². The smallest absolute Gasteiger partial charge is 0.272 e. The van der Waals surface area contributed by atoms with Gasteiger partial charge in [0.05, 0.1) is 19.3 Å². The molecule has 2 aromatic heterocycles. The van der Waals surface area contributed by atoms with E-state index in [1.807, 2.05) is 25.1 Å². The molecule has 0 saturated heterocycles. The molecule has 0 atom stereocenters. The first-order valence-electron chi connectivity index (χ1n) is 13.3. The number of nitrogens with zero attached hydrogens (tertiary/aromatic N) is 3. The Labute approximate surface area is 230 Å². The van der Waals surface area contributed by atoms with E-state index in [0.29, 0.717) is 50.1 Å². The number of hydrogen-bond acceptors (Lipinski definition) is 7. The molecule has 0 bridgehead atoms. The normalized spacial score (nSPS) is 18.4. The van der Waals surface area contributed by atoms with Crippen LogP contribution in [0.15, 0.2) is 41.4 Å². The number of pyridine rings is 1. The monoisotopic (exact) mass is 553 g/mol. The molecule has 9 nitrogen and oxygen atoms in total. The predicted molar refractivity (Wildman–Crippen MR) is 145 cm³/mol. The van der Waals surface area contributed by atoms with E-state index in [-0.39, 0.29) is 36.0 Å². The highest BCUT2D eigenvalue weighted by molar-refractivity contribution is 7.99. The van der Waals surface area contributed by atoms with Crippen molar-refractivity contribution < 1.29 is 23.8 Å². The summed E-state index contributed by atoms with van der Waals surface area (Å²) in [5.41, 5.74) is 2.55. The average Bonchev–Trinajstić information content (AvgIpc) is 3.57.